The maximum atomic E-state index is 12.5. The normalized spacial score (nSPS) is 16.9. The number of pyridine rings is 1. The molecule has 0 aliphatic carbocycles. The Morgan fingerprint density at radius 1 is 1.43 bits per heavy atom. The van der Waals surface area contributed by atoms with Crippen molar-refractivity contribution in [2.24, 2.45) is 17.2 Å². The number of hydrazine groups is 1. The van der Waals surface area contributed by atoms with Crippen LogP contribution in [-0.4, -0.2) is 28.9 Å². The van der Waals surface area contributed by atoms with Crippen LogP contribution >= 0.6 is 11.6 Å². The second kappa shape index (κ2) is 6.20. The number of amides is 1. The second-order valence-corrected chi connectivity index (χ2v) is 7.04. The number of rotatable bonds is 2. The van der Waals surface area contributed by atoms with Gasteiger partial charge in [0.2, 0.25) is 0 Å². The lowest BCUT2D eigenvalue weighted by atomic mass is 9.75. The van der Waals surface area contributed by atoms with Gasteiger partial charge in [-0.05, 0) is 30.2 Å². The van der Waals surface area contributed by atoms with Gasteiger partial charge in [-0.1, -0.05) is 32.4 Å². The van der Waals surface area contributed by atoms with Crippen LogP contribution in [-0.2, 0) is 0 Å². The summed E-state index contributed by atoms with van der Waals surface area (Å²) in [6.45, 7) is 8.36. The van der Waals surface area contributed by atoms with Gasteiger partial charge in [0.15, 0.2) is 5.82 Å². The summed E-state index contributed by atoms with van der Waals surface area (Å²) in [6, 6.07) is 1.61. The van der Waals surface area contributed by atoms with Crippen LogP contribution in [0.2, 0.25) is 5.02 Å². The van der Waals surface area contributed by atoms with Gasteiger partial charge in [-0.25, -0.2) is 10.8 Å². The molecule has 1 fully saturated rings. The van der Waals surface area contributed by atoms with E-state index in [0.717, 1.165) is 25.9 Å². The molecule has 21 heavy (non-hydrogen) atoms. The standard InChI is InChI=1S/C15H23ClN4O/c1-15(2,3)11-4-6-20(7-5-11)14(21)10-8-12(16)13(19-17)18-9-10/h8-9,11H,4-7,17H2,1-3H3,(H,18,19). The van der Waals surface area contributed by atoms with Crippen molar-refractivity contribution in [3.05, 3.63) is 22.8 Å². The Kier molecular flexibility index (Phi) is 4.74. The summed E-state index contributed by atoms with van der Waals surface area (Å²) in [6.07, 6.45) is 3.59. The molecule has 0 saturated carbocycles. The topological polar surface area (TPSA) is 71.2 Å². The van der Waals surface area contributed by atoms with E-state index < -0.39 is 0 Å². The maximum Gasteiger partial charge on any atom is 0.255 e. The number of anilines is 1. The summed E-state index contributed by atoms with van der Waals surface area (Å²) >= 11 is 6.02. The maximum absolute atomic E-state index is 12.5. The van der Waals surface area contributed by atoms with E-state index in [0.29, 0.717) is 27.7 Å². The molecule has 6 heteroatoms. The van der Waals surface area contributed by atoms with Crippen molar-refractivity contribution < 1.29 is 4.79 Å². The smallest absolute Gasteiger partial charge is 0.255 e. The second-order valence-electron chi connectivity index (χ2n) is 6.63. The number of nitrogens with two attached hydrogens (primary N) is 1. The molecular formula is C15H23ClN4O. The van der Waals surface area contributed by atoms with Crippen LogP contribution in [0.1, 0.15) is 44.0 Å². The lowest BCUT2D eigenvalue weighted by molar-refractivity contribution is 0.0608. The molecule has 0 bridgehead atoms. The summed E-state index contributed by atoms with van der Waals surface area (Å²) in [4.78, 5) is 18.4. The molecule has 0 atom stereocenters. The Morgan fingerprint density at radius 3 is 2.52 bits per heavy atom. The third-order valence-electron chi connectivity index (χ3n) is 4.23. The summed E-state index contributed by atoms with van der Waals surface area (Å²) in [5, 5.41) is 0.355. The van der Waals surface area contributed by atoms with Crippen LogP contribution in [0, 0.1) is 11.3 Å². The van der Waals surface area contributed by atoms with E-state index >= 15 is 0 Å². The fraction of sp³-hybridized carbons (Fsp3) is 0.600. The predicted octanol–water partition coefficient (Wildman–Crippen LogP) is 2.92. The Bertz CT molecular complexity index is 519. The molecule has 0 aromatic carbocycles. The average Bonchev–Trinajstić information content (AvgIpc) is 2.45. The molecule has 1 aromatic heterocycles. The molecule has 1 saturated heterocycles. The van der Waals surface area contributed by atoms with E-state index in [-0.39, 0.29) is 5.91 Å². The highest BCUT2D eigenvalue weighted by atomic mass is 35.5. The number of nitrogens with one attached hydrogen (secondary N) is 1. The highest BCUT2D eigenvalue weighted by Gasteiger charge is 2.30. The van der Waals surface area contributed by atoms with Crippen molar-refractivity contribution in [3.63, 3.8) is 0 Å². The van der Waals surface area contributed by atoms with Gasteiger partial charge in [-0.3, -0.25) is 4.79 Å². The number of hydrogen-bond acceptors (Lipinski definition) is 4. The van der Waals surface area contributed by atoms with Gasteiger partial charge in [0.05, 0.1) is 10.6 Å². The van der Waals surface area contributed by atoms with Crippen molar-refractivity contribution in [1.82, 2.24) is 9.88 Å². The van der Waals surface area contributed by atoms with Crippen molar-refractivity contribution in [2.45, 2.75) is 33.6 Å². The molecule has 0 unspecified atom stereocenters. The van der Waals surface area contributed by atoms with Crippen LogP contribution in [0.4, 0.5) is 5.82 Å². The zero-order chi connectivity index (χ0) is 15.6. The largest absolute Gasteiger partial charge is 0.339 e. The molecule has 0 radical (unpaired) electrons. The SMILES string of the molecule is CC(C)(C)C1CCN(C(=O)c2cnc(NN)c(Cl)c2)CC1. The fourth-order valence-electron chi connectivity index (χ4n) is 2.79. The monoisotopic (exact) mass is 310 g/mol. The fourth-order valence-corrected chi connectivity index (χ4v) is 3.01. The van der Waals surface area contributed by atoms with Crippen molar-refractivity contribution in [3.8, 4) is 0 Å². The van der Waals surface area contributed by atoms with E-state index in [1.165, 1.54) is 6.20 Å². The summed E-state index contributed by atoms with van der Waals surface area (Å²) in [7, 11) is 0. The van der Waals surface area contributed by atoms with E-state index in [9.17, 15) is 4.79 Å². The highest BCUT2D eigenvalue weighted by Crippen LogP contribution is 2.34. The first-order valence-electron chi connectivity index (χ1n) is 7.24. The summed E-state index contributed by atoms with van der Waals surface area (Å²) in [5.41, 5.74) is 3.20. The molecule has 5 nitrogen and oxygen atoms in total. The van der Waals surface area contributed by atoms with Gasteiger partial charge in [0, 0.05) is 19.3 Å². The molecule has 3 N–H and O–H groups in total. The molecule has 1 aromatic rings. The number of carbonyl (C=O) groups is 1. The molecule has 116 valence electrons. The number of hydrogen-bond donors (Lipinski definition) is 2. The first-order chi connectivity index (χ1) is 9.82. The summed E-state index contributed by atoms with van der Waals surface area (Å²) in [5.74, 6) is 6.30. The average molecular weight is 311 g/mol. The molecule has 2 heterocycles. The van der Waals surface area contributed by atoms with Gasteiger partial charge < -0.3 is 10.3 Å². The van der Waals surface area contributed by atoms with E-state index in [1.807, 2.05) is 4.90 Å². The van der Waals surface area contributed by atoms with Crippen molar-refractivity contribution in [2.75, 3.05) is 18.5 Å². The molecule has 1 amide bonds. The first-order valence-corrected chi connectivity index (χ1v) is 7.62. The van der Waals surface area contributed by atoms with E-state index in [2.05, 4.69) is 31.2 Å². The Hall–Kier alpha value is -1.33. The number of carbonyl (C=O) groups excluding carboxylic acids is 1. The van der Waals surface area contributed by atoms with E-state index in [1.54, 1.807) is 6.07 Å². The Labute approximate surface area is 130 Å². The minimum Gasteiger partial charge on any atom is -0.339 e. The van der Waals surface area contributed by atoms with Gasteiger partial charge in [0.1, 0.15) is 0 Å². The Balaban J connectivity index is 2.04. The van der Waals surface area contributed by atoms with Crippen LogP contribution < -0.4 is 11.3 Å². The molecule has 1 aliphatic heterocycles. The third kappa shape index (κ3) is 3.66. The van der Waals surface area contributed by atoms with Gasteiger partial charge in [-0.15, -0.1) is 0 Å². The van der Waals surface area contributed by atoms with Crippen LogP contribution in [0.3, 0.4) is 0 Å². The van der Waals surface area contributed by atoms with Crippen LogP contribution in [0.15, 0.2) is 12.3 Å². The lowest BCUT2D eigenvalue weighted by Gasteiger charge is -2.38. The lowest BCUT2D eigenvalue weighted by Crippen LogP contribution is -2.41. The predicted molar refractivity (Wildman–Crippen MR) is 85.1 cm³/mol. The van der Waals surface area contributed by atoms with Crippen LogP contribution in [0.5, 0.6) is 0 Å². The summed E-state index contributed by atoms with van der Waals surface area (Å²) < 4.78 is 0. The molecule has 2 rings (SSSR count). The van der Waals surface area contributed by atoms with Gasteiger partial charge >= 0.3 is 0 Å². The van der Waals surface area contributed by atoms with Crippen molar-refractivity contribution in [1.29, 1.82) is 0 Å². The molecule has 0 spiro atoms. The number of halogens is 1. The van der Waals surface area contributed by atoms with Gasteiger partial charge in [0.25, 0.3) is 5.91 Å². The number of piperidine rings is 1. The molecular weight excluding hydrogens is 288 g/mol. The Morgan fingerprint density at radius 2 is 2.05 bits per heavy atom. The van der Waals surface area contributed by atoms with Gasteiger partial charge in [-0.2, -0.15) is 0 Å². The van der Waals surface area contributed by atoms with E-state index in [4.69, 9.17) is 17.4 Å². The minimum absolute atomic E-state index is 0.0136. The number of nitrogen functional groups attached to an aromatic ring is 1. The third-order valence-corrected chi connectivity index (χ3v) is 4.52. The zero-order valence-corrected chi connectivity index (χ0v) is 13.6. The quantitative estimate of drug-likeness (QED) is 0.651. The van der Waals surface area contributed by atoms with Crippen LogP contribution in [0.25, 0.3) is 0 Å². The number of aromatic nitrogens is 1. The minimum atomic E-state index is -0.0136. The van der Waals surface area contributed by atoms with Crippen molar-refractivity contribution >= 4 is 23.3 Å². The number of likely N-dealkylation sites (tertiary alicyclic amines) is 1. The molecule has 1 aliphatic rings. The number of nitrogens with zero attached hydrogens (tertiary/aromatic N) is 2. The first kappa shape index (κ1) is 16.0. The zero-order valence-electron chi connectivity index (χ0n) is 12.8. The highest BCUT2D eigenvalue weighted by molar-refractivity contribution is 6.33.